The Hall–Kier alpha value is -1.79. The van der Waals surface area contributed by atoms with Crippen molar-refractivity contribution in [1.29, 1.82) is 0 Å². The van der Waals surface area contributed by atoms with Crippen LogP contribution in [0.15, 0.2) is 18.3 Å². The Balaban J connectivity index is 1.55. The van der Waals surface area contributed by atoms with Gasteiger partial charge in [0.15, 0.2) is 0 Å². The van der Waals surface area contributed by atoms with E-state index in [0.717, 1.165) is 31.5 Å². The average Bonchev–Trinajstić information content (AvgIpc) is 2.88. The number of carbonyl (C=O) groups is 1. The topological polar surface area (TPSA) is 36.4 Å². The van der Waals surface area contributed by atoms with Gasteiger partial charge in [-0.15, -0.1) is 0 Å². The molecule has 1 aliphatic carbocycles. The van der Waals surface area contributed by atoms with Crippen LogP contribution in [0.5, 0.6) is 0 Å². The molecule has 0 bridgehead atoms. The molecule has 1 aliphatic heterocycles. The van der Waals surface area contributed by atoms with Crippen LogP contribution in [-0.2, 0) is 11.0 Å². The van der Waals surface area contributed by atoms with Crippen LogP contribution in [0.25, 0.3) is 0 Å². The quantitative estimate of drug-likeness (QED) is 0.805. The number of carbonyl (C=O) groups excluding carboxylic acids is 1. The number of rotatable bonds is 3. The summed E-state index contributed by atoms with van der Waals surface area (Å²) in [5.41, 5.74) is -0.736. The Morgan fingerprint density at radius 3 is 2.46 bits per heavy atom. The zero-order chi connectivity index (χ0) is 18.6. The van der Waals surface area contributed by atoms with E-state index >= 15 is 0 Å². The summed E-state index contributed by atoms with van der Waals surface area (Å²) >= 11 is 0. The summed E-state index contributed by atoms with van der Waals surface area (Å²) in [6.45, 7) is 2.62. The number of alkyl halides is 3. The maximum atomic E-state index is 12.7. The first-order valence-electron chi connectivity index (χ1n) is 9.49. The number of hydrogen-bond acceptors (Lipinski definition) is 3. The molecule has 0 atom stereocenters. The molecule has 1 amide bonds. The molecule has 4 nitrogen and oxygen atoms in total. The Labute approximate surface area is 152 Å². The van der Waals surface area contributed by atoms with E-state index in [9.17, 15) is 18.0 Å². The van der Waals surface area contributed by atoms with Gasteiger partial charge in [-0.05, 0) is 37.3 Å². The predicted molar refractivity (Wildman–Crippen MR) is 93.8 cm³/mol. The summed E-state index contributed by atoms with van der Waals surface area (Å²) in [4.78, 5) is 20.4. The summed E-state index contributed by atoms with van der Waals surface area (Å²) in [6.07, 6.45) is 4.00. The Morgan fingerprint density at radius 2 is 1.81 bits per heavy atom. The molecule has 1 saturated heterocycles. The van der Waals surface area contributed by atoms with E-state index in [4.69, 9.17) is 0 Å². The zero-order valence-electron chi connectivity index (χ0n) is 15.0. The number of amides is 1. The Bertz CT molecular complexity index is 597. The van der Waals surface area contributed by atoms with E-state index in [0.29, 0.717) is 44.3 Å². The lowest BCUT2D eigenvalue weighted by molar-refractivity contribution is -0.137. The van der Waals surface area contributed by atoms with Crippen molar-refractivity contribution in [3.05, 3.63) is 23.9 Å². The summed E-state index contributed by atoms with van der Waals surface area (Å²) in [6, 6.07) is 2.49. The van der Waals surface area contributed by atoms with Crippen molar-refractivity contribution in [3.63, 3.8) is 0 Å². The molecule has 0 aromatic carbocycles. The summed E-state index contributed by atoms with van der Waals surface area (Å²) in [5.74, 6) is 1.28. The SMILES string of the molecule is O=C(CC1CCCCC1)N1CCCN(c2ccc(C(F)(F)F)cn2)CC1. The van der Waals surface area contributed by atoms with E-state index < -0.39 is 11.7 Å². The number of anilines is 1. The van der Waals surface area contributed by atoms with Crippen LogP contribution in [0.4, 0.5) is 19.0 Å². The molecule has 0 unspecified atom stereocenters. The fourth-order valence-corrected chi connectivity index (χ4v) is 3.90. The molecule has 2 heterocycles. The summed E-state index contributed by atoms with van der Waals surface area (Å²) in [7, 11) is 0. The van der Waals surface area contributed by atoms with E-state index in [1.54, 1.807) is 0 Å². The molecular weight excluding hydrogens is 343 g/mol. The van der Waals surface area contributed by atoms with Crippen LogP contribution in [0.1, 0.15) is 50.5 Å². The van der Waals surface area contributed by atoms with Gasteiger partial charge in [-0.2, -0.15) is 13.2 Å². The molecule has 7 heteroatoms. The summed E-state index contributed by atoms with van der Waals surface area (Å²) in [5, 5.41) is 0. The third kappa shape index (κ3) is 4.89. The fourth-order valence-electron chi connectivity index (χ4n) is 3.90. The number of hydrogen-bond donors (Lipinski definition) is 0. The largest absolute Gasteiger partial charge is 0.417 e. The molecule has 1 aromatic rings. The summed E-state index contributed by atoms with van der Waals surface area (Å²) < 4.78 is 38.0. The standard InChI is InChI=1S/C19H26F3N3O/c20-19(21,22)16-7-8-17(23-14-16)24-9-4-10-25(12-11-24)18(26)13-15-5-2-1-3-6-15/h7-8,14-15H,1-6,9-13H2. The second-order valence-electron chi connectivity index (χ2n) is 7.33. The van der Waals surface area contributed by atoms with Crippen molar-refractivity contribution in [2.24, 2.45) is 5.92 Å². The van der Waals surface area contributed by atoms with Crippen molar-refractivity contribution >= 4 is 11.7 Å². The highest BCUT2D eigenvalue weighted by atomic mass is 19.4. The molecule has 1 aromatic heterocycles. The average molecular weight is 369 g/mol. The Kier molecular flexibility index (Phi) is 6.04. The van der Waals surface area contributed by atoms with Crippen LogP contribution < -0.4 is 4.90 Å². The minimum Gasteiger partial charge on any atom is -0.355 e. The molecule has 0 radical (unpaired) electrons. The van der Waals surface area contributed by atoms with Gasteiger partial charge in [-0.3, -0.25) is 4.79 Å². The van der Waals surface area contributed by atoms with E-state index in [-0.39, 0.29) is 5.91 Å². The first kappa shape index (κ1) is 19.0. The monoisotopic (exact) mass is 369 g/mol. The third-order valence-electron chi connectivity index (χ3n) is 5.44. The van der Waals surface area contributed by atoms with Gasteiger partial charge in [0.05, 0.1) is 5.56 Å². The van der Waals surface area contributed by atoms with E-state index in [1.807, 2.05) is 9.80 Å². The molecule has 3 rings (SSSR count). The normalized spacial score (nSPS) is 20.1. The second-order valence-corrected chi connectivity index (χ2v) is 7.33. The molecule has 26 heavy (non-hydrogen) atoms. The third-order valence-corrected chi connectivity index (χ3v) is 5.44. The second kappa shape index (κ2) is 8.27. The first-order chi connectivity index (χ1) is 12.4. The van der Waals surface area contributed by atoms with Gasteiger partial charge in [-0.25, -0.2) is 4.98 Å². The van der Waals surface area contributed by atoms with Crippen LogP contribution in [-0.4, -0.2) is 42.0 Å². The highest BCUT2D eigenvalue weighted by Gasteiger charge is 2.31. The highest BCUT2D eigenvalue weighted by Crippen LogP contribution is 2.30. The number of nitrogens with zero attached hydrogens (tertiary/aromatic N) is 3. The zero-order valence-corrected chi connectivity index (χ0v) is 15.0. The molecule has 0 N–H and O–H groups in total. The van der Waals surface area contributed by atoms with Gasteiger partial charge in [0.2, 0.25) is 5.91 Å². The first-order valence-corrected chi connectivity index (χ1v) is 9.49. The number of aromatic nitrogens is 1. The minimum absolute atomic E-state index is 0.221. The molecule has 2 fully saturated rings. The van der Waals surface area contributed by atoms with Gasteiger partial charge in [0.25, 0.3) is 0 Å². The fraction of sp³-hybridized carbons (Fsp3) is 0.684. The van der Waals surface area contributed by atoms with Crippen molar-refractivity contribution in [3.8, 4) is 0 Å². The number of halogens is 3. The lowest BCUT2D eigenvalue weighted by Gasteiger charge is -2.26. The van der Waals surface area contributed by atoms with Crippen molar-refractivity contribution < 1.29 is 18.0 Å². The van der Waals surface area contributed by atoms with Gasteiger partial charge in [-0.1, -0.05) is 19.3 Å². The van der Waals surface area contributed by atoms with Crippen molar-refractivity contribution in [2.45, 2.75) is 51.1 Å². The van der Waals surface area contributed by atoms with Crippen LogP contribution in [0.3, 0.4) is 0 Å². The predicted octanol–water partition coefficient (Wildman–Crippen LogP) is 4.11. The van der Waals surface area contributed by atoms with Crippen LogP contribution >= 0.6 is 0 Å². The van der Waals surface area contributed by atoms with Crippen molar-refractivity contribution in [1.82, 2.24) is 9.88 Å². The highest BCUT2D eigenvalue weighted by molar-refractivity contribution is 5.76. The van der Waals surface area contributed by atoms with Crippen molar-refractivity contribution in [2.75, 3.05) is 31.1 Å². The Morgan fingerprint density at radius 1 is 1.04 bits per heavy atom. The van der Waals surface area contributed by atoms with Gasteiger partial charge >= 0.3 is 6.18 Å². The maximum Gasteiger partial charge on any atom is 0.417 e. The smallest absolute Gasteiger partial charge is 0.355 e. The minimum atomic E-state index is -4.37. The van der Waals surface area contributed by atoms with E-state index in [1.165, 1.54) is 25.3 Å². The molecular formula is C19H26F3N3O. The molecule has 0 spiro atoms. The van der Waals surface area contributed by atoms with Gasteiger partial charge < -0.3 is 9.80 Å². The van der Waals surface area contributed by atoms with Crippen LogP contribution in [0.2, 0.25) is 0 Å². The lowest BCUT2D eigenvalue weighted by atomic mass is 9.86. The molecule has 2 aliphatic rings. The van der Waals surface area contributed by atoms with Gasteiger partial charge in [0.1, 0.15) is 5.82 Å². The van der Waals surface area contributed by atoms with Crippen LogP contribution in [0, 0.1) is 5.92 Å². The van der Waals surface area contributed by atoms with E-state index in [2.05, 4.69) is 4.98 Å². The van der Waals surface area contributed by atoms with Gasteiger partial charge in [0, 0.05) is 38.8 Å². The molecule has 144 valence electrons. The maximum absolute atomic E-state index is 12.7. The molecule has 1 saturated carbocycles. The lowest BCUT2D eigenvalue weighted by Crippen LogP contribution is -2.36. The number of pyridine rings is 1.